The number of rotatable bonds is 3. The van der Waals surface area contributed by atoms with Gasteiger partial charge in [0.25, 0.3) is 0 Å². The summed E-state index contributed by atoms with van der Waals surface area (Å²) in [4.78, 5) is 12.9. The molecule has 0 amide bonds. The van der Waals surface area contributed by atoms with Crippen LogP contribution in [0.3, 0.4) is 0 Å². The second-order valence-electron chi connectivity index (χ2n) is 5.75. The van der Waals surface area contributed by atoms with E-state index in [4.69, 9.17) is 4.74 Å². The first kappa shape index (κ1) is 17.1. The molecule has 2 aromatic rings. The maximum absolute atomic E-state index is 13.1. The number of hydrogen-bond donors (Lipinski definition) is 1. The topological polar surface area (TPSA) is 38.3 Å². The van der Waals surface area contributed by atoms with Crippen LogP contribution in [0.2, 0.25) is 0 Å². The van der Waals surface area contributed by atoms with Gasteiger partial charge in [0.1, 0.15) is 0 Å². The molecule has 6 heteroatoms. The Balaban J connectivity index is 2.08. The number of halogens is 3. The van der Waals surface area contributed by atoms with E-state index in [0.29, 0.717) is 11.1 Å². The van der Waals surface area contributed by atoms with Gasteiger partial charge in [-0.05, 0) is 30.2 Å². The average molecular weight is 347 g/mol. The van der Waals surface area contributed by atoms with Gasteiger partial charge in [0.05, 0.1) is 11.1 Å². The normalized spacial score (nSPS) is 17.6. The number of hydrogen-bond acceptors (Lipinski definition) is 3. The molecule has 3 rings (SSSR count). The zero-order valence-corrected chi connectivity index (χ0v) is 13.6. The van der Waals surface area contributed by atoms with E-state index in [1.807, 2.05) is 6.07 Å². The molecule has 1 atom stereocenters. The minimum Gasteiger partial charge on any atom is -0.462 e. The SMILES string of the molecule is CNC1=C(c2cc(C(F)(F)F)ccc2C)C(=O)C(c2ccccc2)O1. The summed E-state index contributed by atoms with van der Waals surface area (Å²) >= 11 is 0. The van der Waals surface area contributed by atoms with Crippen LogP contribution in [-0.2, 0) is 15.7 Å². The van der Waals surface area contributed by atoms with Crippen LogP contribution in [0.1, 0.15) is 28.4 Å². The van der Waals surface area contributed by atoms with Crippen LogP contribution in [0.5, 0.6) is 0 Å². The molecule has 1 aliphatic rings. The van der Waals surface area contributed by atoms with E-state index in [9.17, 15) is 18.0 Å². The minimum absolute atomic E-state index is 0.139. The fourth-order valence-corrected chi connectivity index (χ4v) is 2.83. The summed E-state index contributed by atoms with van der Waals surface area (Å²) in [5, 5.41) is 2.78. The lowest BCUT2D eigenvalue weighted by Gasteiger charge is -2.12. The molecule has 0 aromatic heterocycles. The first-order valence-corrected chi connectivity index (χ1v) is 7.69. The van der Waals surface area contributed by atoms with Gasteiger partial charge >= 0.3 is 6.18 Å². The van der Waals surface area contributed by atoms with Crippen molar-refractivity contribution in [1.29, 1.82) is 0 Å². The van der Waals surface area contributed by atoms with Crippen LogP contribution in [0.4, 0.5) is 13.2 Å². The third-order valence-corrected chi connectivity index (χ3v) is 4.11. The molecule has 0 spiro atoms. The second-order valence-corrected chi connectivity index (χ2v) is 5.75. The second kappa shape index (κ2) is 6.27. The summed E-state index contributed by atoms with van der Waals surface area (Å²) in [5.41, 5.74) is 0.788. The highest BCUT2D eigenvalue weighted by Crippen LogP contribution is 2.40. The lowest BCUT2D eigenvalue weighted by Crippen LogP contribution is -2.11. The highest BCUT2D eigenvalue weighted by Gasteiger charge is 2.38. The molecule has 2 aromatic carbocycles. The van der Waals surface area contributed by atoms with Crippen molar-refractivity contribution in [3.05, 3.63) is 76.7 Å². The maximum Gasteiger partial charge on any atom is 0.416 e. The van der Waals surface area contributed by atoms with Gasteiger partial charge in [-0.25, -0.2) is 0 Å². The van der Waals surface area contributed by atoms with Crippen LogP contribution in [0, 0.1) is 6.92 Å². The van der Waals surface area contributed by atoms with Crippen molar-refractivity contribution in [1.82, 2.24) is 5.32 Å². The number of carbonyl (C=O) groups excluding carboxylic acids is 1. The molecule has 0 aliphatic carbocycles. The van der Waals surface area contributed by atoms with Gasteiger partial charge in [0.2, 0.25) is 5.78 Å². The zero-order chi connectivity index (χ0) is 18.2. The molecule has 130 valence electrons. The molecule has 25 heavy (non-hydrogen) atoms. The Hall–Kier alpha value is -2.76. The van der Waals surface area contributed by atoms with E-state index >= 15 is 0 Å². The number of carbonyl (C=O) groups is 1. The molecule has 1 aliphatic heterocycles. The van der Waals surface area contributed by atoms with Crippen molar-refractivity contribution in [3.63, 3.8) is 0 Å². The van der Waals surface area contributed by atoms with E-state index in [2.05, 4.69) is 5.32 Å². The van der Waals surface area contributed by atoms with Crippen LogP contribution in [0.15, 0.2) is 54.4 Å². The fourth-order valence-electron chi connectivity index (χ4n) is 2.83. The van der Waals surface area contributed by atoms with E-state index in [0.717, 1.165) is 12.1 Å². The van der Waals surface area contributed by atoms with Gasteiger partial charge in [-0.3, -0.25) is 4.79 Å². The molecule has 0 radical (unpaired) electrons. The van der Waals surface area contributed by atoms with Crippen LogP contribution in [-0.4, -0.2) is 12.8 Å². The van der Waals surface area contributed by atoms with Gasteiger partial charge in [-0.15, -0.1) is 0 Å². The largest absolute Gasteiger partial charge is 0.462 e. The summed E-state index contributed by atoms with van der Waals surface area (Å²) in [6, 6.07) is 12.2. The zero-order valence-electron chi connectivity index (χ0n) is 13.6. The molecule has 1 unspecified atom stereocenters. The Morgan fingerprint density at radius 2 is 1.76 bits per heavy atom. The monoisotopic (exact) mass is 347 g/mol. The molecule has 0 saturated carbocycles. The predicted octanol–water partition coefficient (Wildman–Crippen LogP) is 4.24. The molecule has 1 heterocycles. The quantitative estimate of drug-likeness (QED) is 0.902. The summed E-state index contributed by atoms with van der Waals surface area (Å²) in [5.74, 6) is -0.181. The molecule has 0 fully saturated rings. The van der Waals surface area contributed by atoms with Crippen molar-refractivity contribution >= 4 is 11.4 Å². The van der Waals surface area contributed by atoms with Gasteiger partial charge in [-0.1, -0.05) is 36.4 Å². The van der Waals surface area contributed by atoms with Crippen LogP contribution >= 0.6 is 0 Å². The van der Waals surface area contributed by atoms with Gasteiger partial charge in [0, 0.05) is 12.6 Å². The van der Waals surface area contributed by atoms with Gasteiger partial charge in [0.15, 0.2) is 12.0 Å². The highest BCUT2D eigenvalue weighted by atomic mass is 19.4. The van der Waals surface area contributed by atoms with E-state index < -0.39 is 17.8 Å². The van der Waals surface area contributed by atoms with Crippen LogP contribution < -0.4 is 5.32 Å². The smallest absolute Gasteiger partial charge is 0.416 e. The Labute approximate surface area is 143 Å². The van der Waals surface area contributed by atoms with E-state index in [-0.39, 0.29) is 22.8 Å². The first-order chi connectivity index (χ1) is 11.8. The Morgan fingerprint density at radius 1 is 1.08 bits per heavy atom. The first-order valence-electron chi connectivity index (χ1n) is 7.69. The molecule has 0 saturated heterocycles. The standard InChI is InChI=1S/C19H16F3NO2/c1-11-8-9-13(19(20,21)22)10-14(11)15-16(24)17(25-18(15)23-2)12-6-4-3-5-7-12/h3-10,17,23H,1-2H3. The van der Waals surface area contributed by atoms with E-state index in [1.54, 1.807) is 38.2 Å². The summed E-state index contributed by atoms with van der Waals surface area (Å²) in [7, 11) is 1.57. The predicted molar refractivity (Wildman–Crippen MR) is 87.4 cm³/mol. The number of Topliss-reactive ketones (excluding diaryl/α,β-unsaturated/α-hetero) is 1. The number of nitrogens with one attached hydrogen (secondary N) is 1. The van der Waals surface area contributed by atoms with Gasteiger partial charge < -0.3 is 10.1 Å². The lowest BCUT2D eigenvalue weighted by molar-refractivity contribution is -0.137. The van der Waals surface area contributed by atoms with E-state index in [1.165, 1.54) is 6.07 Å². The fraction of sp³-hybridized carbons (Fsp3) is 0.211. The average Bonchev–Trinajstić information content (AvgIpc) is 2.91. The molecule has 3 nitrogen and oxygen atoms in total. The van der Waals surface area contributed by atoms with Crippen molar-refractivity contribution in [2.75, 3.05) is 7.05 Å². The van der Waals surface area contributed by atoms with Gasteiger partial charge in [-0.2, -0.15) is 13.2 Å². The number of ether oxygens (including phenoxy) is 1. The number of alkyl halides is 3. The van der Waals surface area contributed by atoms with Crippen molar-refractivity contribution in [2.45, 2.75) is 19.2 Å². The summed E-state index contributed by atoms with van der Waals surface area (Å²) in [6.07, 6.45) is -5.35. The maximum atomic E-state index is 13.1. The Kier molecular flexibility index (Phi) is 4.29. The molecular formula is C19H16F3NO2. The lowest BCUT2D eigenvalue weighted by atomic mass is 9.92. The summed E-state index contributed by atoms with van der Waals surface area (Å²) in [6.45, 7) is 1.67. The third kappa shape index (κ3) is 3.12. The highest BCUT2D eigenvalue weighted by molar-refractivity contribution is 6.25. The number of benzene rings is 2. The number of aryl methyl sites for hydroxylation is 1. The number of ketones is 1. The molecule has 0 bridgehead atoms. The van der Waals surface area contributed by atoms with Crippen molar-refractivity contribution < 1.29 is 22.7 Å². The third-order valence-electron chi connectivity index (χ3n) is 4.11. The molecular weight excluding hydrogens is 331 g/mol. The Morgan fingerprint density at radius 3 is 2.36 bits per heavy atom. The Bertz CT molecular complexity index is 841. The van der Waals surface area contributed by atoms with Crippen molar-refractivity contribution in [3.8, 4) is 0 Å². The van der Waals surface area contributed by atoms with Crippen LogP contribution in [0.25, 0.3) is 5.57 Å². The minimum atomic E-state index is -4.48. The van der Waals surface area contributed by atoms with Crippen molar-refractivity contribution in [2.24, 2.45) is 0 Å². The summed E-state index contributed by atoms with van der Waals surface area (Å²) < 4.78 is 44.9. The molecule has 1 N–H and O–H groups in total.